The molecule has 1 fully saturated rings. The van der Waals surface area contributed by atoms with Crippen molar-refractivity contribution in [1.29, 1.82) is 0 Å². The fraction of sp³-hybridized carbons (Fsp3) is 0.400. The smallest absolute Gasteiger partial charge is 0.381 e. The first-order chi connectivity index (χ1) is 6.98. The zero-order chi connectivity index (χ0) is 11.1. The Morgan fingerprint density at radius 3 is 2.47 bits per heavy atom. The molecule has 1 N–H and O–H groups in total. The van der Waals surface area contributed by atoms with Gasteiger partial charge in [-0.15, -0.1) is 0 Å². The SMILES string of the molecule is FC(F)(F)c1cccc(Cl)c1NC1CC1. The lowest BCUT2D eigenvalue weighted by Gasteiger charge is -2.15. The maximum Gasteiger partial charge on any atom is 0.418 e. The van der Waals surface area contributed by atoms with Gasteiger partial charge >= 0.3 is 6.18 Å². The number of nitrogens with one attached hydrogen (secondary N) is 1. The van der Waals surface area contributed by atoms with Gasteiger partial charge in [-0.1, -0.05) is 17.7 Å². The Kier molecular flexibility index (Phi) is 2.54. The van der Waals surface area contributed by atoms with Crippen LogP contribution in [0, 0.1) is 0 Å². The highest BCUT2D eigenvalue weighted by atomic mass is 35.5. The molecule has 0 aromatic heterocycles. The average Bonchev–Trinajstić information content (AvgIpc) is 2.90. The molecular formula is C10H9ClF3N. The molecule has 1 nitrogen and oxygen atoms in total. The van der Waals surface area contributed by atoms with E-state index >= 15 is 0 Å². The minimum absolute atomic E-state index is 0.00849. The summed E-state index contributed by atoms with van der Waals surface area (Å²) >= 11 is 5.74. The number of alkyl halides is 3. The van der Waals surface area contributed by atoms with Crippen molar-refractivity contribution in [1.82, 2.24) is 0 Å². The zero-order valence-electron chi connectivity index (χ0n) is 7.74. The molecule has 1 saturated carbocycles. The van der Waals surface area contributed by atoms with Crippen molar-refractivity contribution in [3.8, 4) is 0 Å². The van der Waals surface area contributed by atoms with Crippen molar-refractivity contribution >= 4 is 17.3 Å². The van der Waals surface area contributed by atoms with Crippen molar-refractivity contribution in [2.24, 2.45) is 0 Å². The Bertz CT molecular complexity index is 371. The van der Waals surface area contributed by atoms with Crippen LogP contribution < -0.4 is 5.32 Å². The maximum atomic E-state index is 12.6. The van der Waals surface area contributed by atoms with Crippen molar-refractivity contribution in [2.45, 2.75) is 25.1 Å². The molecule has 0 spiro atoms. The maximum absolute atomic E-state index is 12.6. The van der Waals surface area contributed by atoms with Crippen molar-refractivity contribution in [3.63, 3.8) is 0 Å². The standard InChI is InChI=1S/C10H9ClF3N/c11-8-3-1-2-7(10(12,13)14)9(8)15-6-4-5-6/h1-3,6,15H,4-5H2. The molecule has 2 rings (SSSR count). The third-order valence-electron chi connectivity index (χ3n) is 2.24. The lowest BCUT2D eigenvalue weighted by molar-refractivity contribution is -0.136. The molecule has 1 aliphatic carbocycles. The van der Waals surface area contributed by atoms with Gasteiger partial charge in [0.15, 0.2) is 0 Å². The van der Waals surface area contributed by atoms with Gasteiger partial charge in [0.1, 0.15) is 0 Å². The molecule has 0 heterocycles. The lowest BCUT2D eigenvalue weighted by Crippen LogP contribution is -2.12. The van der Waals surface area contributed by atoms with Gasteiger partial charge in [-0.05, 0) is 25.0 Å². The second kappa shape index (κ2) is 3.59. The number of hydrogen-bond donors (Lipinski definition) is 1. The largest absolute Gasteiger partial charge is 0.418 e. The van der Waals surface area contributed by atoms with E-state index in [1.54, 1.807) is 0 Å². The van der Waals surface area contributed by atoms with E-state index in [2.05, 4.69) is 5.32 Å². The molecule has 0 aliphatic heterocycles. The Labute approximate surface area is 90.2 Å². The van der Waals surface area contributed by atoms with Crippen LogP contribution in [0.5, 0.6) is 0 Å². The molecule has 0 radical (unpaired) electrons. The van der Waals surface area contributed by atoms with Crippen LogP contribution in [-0.2, 0) is 6.18 Å². The lowest BCUT2D eigenvalue weighted by atomic mass is 10.1. The van der Waals surface area contributed by atoms with E-state index in [9.17, 15) is 13.2 Å². The topological polar surface area (TPSA) is 12.0 Å². The zero-order valence-corrected chi connectivity index (χ0v) is 8.49. The van der Waals surface area contributed by atoms with Crippen molar-refractivity contribution in [3.05, 3.63) is 28.8 Å². The van der Waals surface area contributed by atoms with Gasteiger partial charge in [-0.25, -0.2) is 0 Å². The monoisotopic (exact) mass is 235 g/mol. The van der Waals surface area contributed by atoms with Gasteiger partial charge in [0, 0.05) is 6.04 Å². The van der Waals surface area contributed by atoms with E-state index in [0.717, 1.165) is 18.9 Å². The highest BCUT2D eigenvalue weighted by Crippen LogP contribution is 2.40. The average molecular weight is 236 g/mol. The summed E-state index contributed by atoms with van der Waals surface area (Å²) in [6.07, 6.45) is -2.55. The van der Waals surface area contributed by atoms with Gasteiger partial charge in [0.25, 0.3) is 0 Å². The number of halogens is 4. The predicted molar refractivity (Wildman–Crippen MR) is 53.1 cm³/mol. The summed E-state index contributed by atoms with van der Waals surface area (Å²) in [6.45, 7) is 0. The first kappa shape index (κ1) is 10.6. The Morgan fingerprint density at radius 1 is 1.27 bits per heavy atom. The van der Waals surface area contributed by atoms with Crippen molar-refractivity contribution in [2.75, 3.05) is 5.32 Å². The molecule has 5 heteroatoms. The van der Waals surface area contributed by atoms with Crippen LogP contribution in [0.15, 0.2) is 18.2 Å². The van der Waals surface area contributed by atoms with Crippen LogP contribution in [0.3, 0.4) is 0 Å². The molecule has 0 bridgehead atoms. The van der Waals surface area contributed by atoms with Crippen molar-refractivity contribution < 1.29 is 13.2 Å². The Morgan fingerprint density at radius 2 is 1.93 bits per heavy atom. The molecule has 0 atom stereocenters. The first-order valence-electron chi connectivity index (χ1n) is 4.61. The molecule has 1 aromatic rings. The quantitative estimate of drug-likeness (QED) is 0.819. The summed E-state index contributed by atoms with van der Waals surface area (Å²) in [5.74, 6) is 0. The number of rotatable bonds is 2. The van der Waals surface area contributed by atoms with Crippen LogP contribution in [0.2, 0.25) is 5.02 Å². The van der Waals surface area contributed by atoms with Crippen LogP contribution in [0.4, 0.5) is 18.9 Å². The van der Waals surface area contributed by atoms with E-state index in [1.807, 2.05) is 0 Å². The number of para-hydroxylation sites is 1. The summed E-state index contributed by atoms with van der Waals surface area (Å²) in [6, 6.07) is 3.95. The number of benzene rings is 1. The summed E-state index contributed by atoms with van der Waals surface area (Å²) < 4.78 is 37.8. The Hall–Kier alpha value is -0.900. The van der Waals surface area contributed by atoms with E-state index in [4.69, 9.17) is 11.6 Å². The van der Waals surface area contributed by atoms with E-state index in [-0.39, 0.29) is 16.8 Å². The van der Waals surface area contributed by atoms with Crippen LogP contribution in [0.1, 0.15) is 18.4 Å². The molecule has 82 valence electrons. The molecular weight excluding hydrogens is 227 g/mol. The third kappa shape index (κ3) is 2.37. The second-order valence-corrected chi connectivity index (χ2v) is 3.99. The van der Waals surface area contributed by atoms with Gasteiger partial charge in [0.2, 0.25) is 0 Å². The van der Waals surface area contributed by atoms with E-state index in [1.165, 1.54) is 12.1 Å². The van der Waals surface area contributed by atoms with Gasteiger partial charge in [-0.2, -0.15) is 13.2 Å². The first-order valence-corrected chi connectivity index (χ1v) is 4.98. The molecule has 0 unspecified atom stereocenters. The third-order valence-corrected chi connectivity index (χ3v) is 2.56. The summed E-state index contributed by atoms with van der Waals surface area (Å²) in [5.41, 5.74) is -0.684. The summed E-state index contributed by atoms with van der Waals surface area (Å²) in [7, 11) is 0. The predicted octanol–water partition coefficient (Wildman–Crippen LogP) is 3.93. The highest BCUT2D eigenvalue weighted by molar-refractivity contribution is 6.33. The van der Waals surface area contributed by atoms with E-state index in [0.29, 0.717) is 0 Å². The normalized spacial score (nSPS) is 16.5. The number of anilines is 1. The number of hydrogen-bond acceptors (Lipinski definition) is 1. The second-order valence-electron chi connectivity index (χ2n) is 3.58. The van der Waals surface area contributed by atoms with Gasteiger partial charge < -0.3 is 5.32 Å². The Balaban J connectivity index is 2.38. The van der Waals surface area contributed by atoms with E-state index < -0.39 is 11.7 Å². The summed E-state index contributed by atoms with van der Waals surface area (Å²) in [5, 5.41) is 2.93. The molecule has 1 aliphatic rings. The summed E-state index contributed by atoms with van der Waals surface area (Å²) in [4.78, 5) is 0. The van der Waals surface area contributed by atoms with Crippen LogP contribution in [0.25, 0.3) is 0 Å². The van der Waals surface area contributed by atoms with Gasteiger partial charge in [-0.3, -0.25) is 0 Å². The minimum Gasteiger partial charge on any atom is -0.381 e. The van der Waals surface area contributed by atoms with Crippen LogP contribution in [-0.4, -0.2) is 6.04 Å². The van der Waals surface area contributed by atoms with Crippen LogP contribution >= 0.6 is 11.6 Å². The molecule has 0 amide bonds. The fourth-order valence-corrected chi connectivity index (χ4v) is 1.57. The molecule has 1 aromatic carbocycles. The molecule has 15 heavy (non-hydrogen) atoms. The fourth-order valence-electron chi connectivity index (χ4n) is 1.34. The molecule has 0 saturated heterocycles. The highest BCUT2D eigenvalue weighted by Gasteiger charge is 2.35. The minimum atomic E-state index is -4.36. The van der Waals surface area contributed by atoms with Gasteiger partial charge in [0.05, 0.1) is 16.3 Å².